The van der Waals surface area contributed by atoms with Gasteiger partial charge in [0.25, 0.3) is 0 Å². The SMILES string of the molecule is Cc1ccc(CC(=O)N2CCC[C@@]3(CN(Cc4ccn[nH]4)CC[C@H]3O)C2)cc1. The third kappa shape index (κ3) is 4.13. The van der Waals surface area contributed by atoms with Crippen LogP contribution in [0.5, 0.6) is 0 Å². The van der Waals surface area contributed by atoms with Crippen LogP contribution in [0.15, 0.2) is 36.5 Å². The summed E-state index contributed by atoms with van der Waals surface area (Å²) in [6.07, 6.45) is 4.55. The molecule has 2 atom stereocenters. The second-order valence-electron chi connectivity index (χ2n) is 8.54. The number of nitrogens with one attached hydrogen (secondary N) is 1. The van der Waals surface area contributed by atoms with Gasteiger partial charge in [0.15, 0.2) is 0 Å². The zero-order valence-corrected chi connectivity index (χ0v) is 16.6. The summed E-state index contributed by atoms with van der Waals surface area (Å²) in [5.74, 6) is 0.167. The number of hydrogen-bond acceptors (Lipinski definition) is 4. The summed E-state index contributed by atoms with van der Waals surface area (Å²) in [5, 5.41) is 17.9. The second-order valence-corrected chi connectivity index (χ2v) is 8.54. The van der Waals surface area contributed by atoms with Gasteiger partial charge in [0, 0.05) is 50.0 Å². The molecule has 2 N–H and O–H groups in total. The molecule has 1 aromatic carbocycles. The Kier molecular flexibility index (Phi) is 5.51. The number of hydrogen-bond donors (Lipinski definition) is 2. The van der Waals surface area contributed by atoms with Crippen molar-refractivity contribution >= 4 is 5.91 Å². The number of likely N-dealkylation sites (tertiary alicyclic amines) is 2. The molecule has 2 aromatic rings. The Hall–Kier alpha value is -2.18. The number of benzene rings is 1. The van der Waals surface area contributed by atoms with Crippen molar-refractivity contribution in [3.8, 4) is 0 Å². The highest BCUT2D eigenvalue weighted by atomic mass is 16.3. The van der Waals surface area contributed by atoms with Crippen molar-refractivity contribution in [3.05, 3.63) is 53.3 Å². The first-order valence-corrected chi connectivity index (χ1v) is 10.3. The Morgan fingerprint density at radius 1 is 1.25 bits per heavy atom. The van der Waals surface area contributed by atoms with Crippen LogP contribution >= 0.6 is 0 Å². The average molecular weight is 383 g/mol. The van der Waals surface area contributed by atoms with Crippen LogP contribution < -0.4 is 0 Å². The van der Waals surface area contributed by atoms with E-state index in [0.29, 0.717) is 13.0 Å². The maximum atomic E-state index is 12.9. The van der Waals surface area contributed by atoms with Crippen molar-refractivity contribution in [1.82, 2.24) is 20.0 Å². The number of nitrogens with zero attached hydrogens (tertiary/aromatic N) is 3. The van der Waals surface area contributed by atoms with Crippen LogP contribution in [0.2, 0.25) is 0 Å². The topological polar surface area (TPSA) is 72.5 Å². The van der Waals surface area contributed by atoms with E-state index in [1.165, 1.54) is 5.56 Å². The van der Waals surface area contributed by atoms with E-state index in [2.05, 4.69) is 34.2 Å². The van der Waals surface area contributed by atoms with Crippen LogP contribution in [0.3, 0.4) is 0 Å². The lowest BCUT2D eigenvalue weighted by atomic mass is 9.71. The van der Waals surface area contributed by atoms with Crippen molar-refractivity contribution in [2.75, 3.05) is 26.2 Å². The van der Waals surface area contributed by atoms with Gasteiger partial charge in [-0.3, -0.25) is 14.8 Å². The van der Waals surface area contributed by atoms with Crippen molar-refractivity contribution < 1.29 is 9.90 Å². The third-order valence-electron chi connectivity index (χ3n) is 6.35. The quantitative estimate of drug-likeness (QED) is 0.850. The van der Waals surface area contributed by atoms with Crippen LogP contribution in [-0.4, -0.2) is 63.3 Å². The first kappa shape index (κ1) is 19.2. The van der Waals surface area contributed by atoms with Crippen LogP contribution in [0.1, 0.15) is 36.1 Å². The minimum Gasteiger partial charge on any atom is -0.392 e. The molecular formula is C22H30N4O2. The molecule has 4 rings (SSSR count). The minimum atomic E-state index is -0.347. The van der Waals surface area contributed by atoms with E-state index >= 15 is 0 Å². The summed E-state index contributed by atoms with van der Waals surface area (Å²) in [5.41, 5.74) is 3.13. The summed E-state index contributed by atoms with van der Waals surface area (Å²) < 4.78 is 0. The number of aliphatic hydroxyl groups is 1. The van der Waals surface area contributed by atoms with Gasteiger partial charge in [-0.05, 0) is 37.8 Å². The first-order valence-electron chi connectivity index (χ1n) is 10.3. The van der Waals surface area contributed by atoms with E-state index < -0.39 is 0 Å². The van der Waals surface area contributed by atoms with Gasteiger partial charge in [0.2, 0.25) is 5.91 Å². The van der Waals surface area contributed by atoms with Gasteiger partial charge in [0.05, 0.1) is 12.5 Å². The molecule has 3 heterocycles. The highest BCUT2D eigenvalue weighted by molar-refractivity contribution is 5.79. The standard InChI is InChI=1S/C22H30N4O2/c1-17-3-5-18(6-4-17)13-21(28)26-11-2-9-22(16-26)15-25(12-8-20(22)27)14-19-7-10-23-24-19/h3-7,10,20,27H,2,8-9,11-16H2,1H3,(H,23,24)/t20-,22-/m1/s1. The molecule has 0 unspecified atom stereocenters. The van der Waals surface area contributed by atoms with Crippen LogP contribution in [0, 0.1) is 12.3 Å². The fourth-order valence-corrected chi connectivity index (χ4v) is 4.76. The molecule has 28 heavy (non-hydrogen) atoms. The number of rotatable bonds is 4. The lowest BCUT2D eigenvalue weighted by Crippen LogP contribution is -2.59. The number of aromatic amines is 1. The maximum absolute atomic E-state index is 12.9. The molecule has 2 aliphatic heterocycles. The Bertz CT molecular complexity index is 789. The number of aromatic nitrogens is 2. The number of carbonyl (C=O) groups excluding carboxylic acids is 1. The summed E-state index contributed by atoms with van der Waals surface area (Å²) in [6, 6.07) is 10.2. The van der Waals surface area contributed by atoms with Gasteiger partial charge in [0.1, 0.15) is 0 Å². The molecule has 0 aliphatic carbocycles. The molecule has 0 bridgehead atoms. The Balaban J connectivity index is 1.43. The lowest BCUT2D eigenvalue weighted by molar-refractivity contribution is -0.141. The van der Waals surface area contributed by atoms with E-state index in [9.17, 15) is 9.90 Å². The number of carbonyl (C=O) groups is 1. The van der Waals surface area contributed by atoms with Crippen molar-refractivity contribution in [2.24, 2.45) is 5.41 Å². The molecule has 0 saturated carbocycles. The summed E-state index contributed by atoms with van der Waals surface area (Å²) in [6.45, 7) is 6.00. The Labute approximate surface area is 166 Å². The molecule has 0 radical (unpaired) electrons. The van der Waals surface area contributed by atoms with E-state index in [0.717, 1.165) is 56.7 Å². The van der Waals surface area contributed by atoms with Crippen molar-refractivity contribution in [2.45, 2.75) is 45.3 Å². The van der Waals surface area contributed by atoms with Gasteiger partial charge in [-0.15, -0.1) is 0 Å². The Morgan fingerprint density at radius 2 is 2.07 bits per heavy atom. The van der Waals surface area contributed by atoms with Gasteiger partial charge >= 0.3 is 0 Å². The molecule has 2 fully saturated rings. The van der Waals surface area contributed by atoms with Crippen molar-refractivity contribution in [3.63, 3.8) is 0 Å². The normalized spacial score (nSPS) is 25.9. The predicted molar refractivity (Wildman–Crippen MR) is 108 cm³/mol. The predicted octanol–water partition coefficient (Wildman–Crippen LogP) is 2.14. The third-order valence-corrected chi connectivity index (χ3v) is 6.35. The molecule has 1 aromatic heterocycles. The molecule has 150 valence electrons. The number of piperidine rings is 2. The fraction of sp³-hybridized carbons (Fsp3) is 0.545. The van der Waals surface area contributed by atoms with Gasteiger partial charge < -0.3 is 10.0 Å². The zero-order valence-electron chi connectivity index (χ0n) is 16.6. The molecule has 2 saturated heterocycles. The number of amides is 1. The molecule has 6 heteroatoms. The second kappa shape index (κ2) is 8.05. The molecule has 2 aliphatic rings. The summed E-state index contributed by atoms with van der Waals surface area (Å²) >= 11 is 0. The maximum Gasteiger partial charge on any atom is 0.227 e. The number of H-pyrrole nitrogens is 1. The van der Waals surface area contributed by atoms with Gasteiger partial charge in [-0.25, -0.2) is 0 Å². The van der Waals surface area contributed by atoms with E-state index in [-0.39, 0.29) is 17.4 Å². The summed E-state index contributed by atoms with van der Waals surface area (Å²) in [4.78, 5) is 17.3. The smallest absolute Gasteiger partial charge is 0.227 e. The molecule has 1 amide bonds. The first-order chi connectivity index (χ1) is 13.5. The van der Waals surface area contributed by atoms with E-state index in [1.54, 1.807) is 6.20 Å². The lowest BCUT2D eigenvalue weighted by Gasteiger charge is -2.51. The van der Waals surface area contributed by atoms with E-state index in [4.69, 9.17) is 0 Å². The van der Waals surface area contributed by atoms with Crippen LogP contribution in [0.25, 0.3) is 0 Å². The Morgan fingerprint density at radius 3 is 2.82 bits per heavy atom. The van der Waals surface area contributed by atoms with E-state index in [1.807, 2.05) is 23.1 Å². The highest BCUT2D eigenvalue weighted by Crippen LogP contribution is 2.39. The fourth-order valence-electron chi connectivity index (χ4n) is 4.76. The largest absolute Gasteiger partial charge is 0.392 e. The van der Waals surface area contributed by atoms with Gasteiger partial charge in [-0.1, -0.05) is 29.8 Å². The minimum absolute atomic E-state index is 0.167. The zero-order chi connectivity index (χ0) is 19.6. The summed E-state index contributed by atoms with van der Waals surface area (Å²) in [7, 11) is 0. The van der Waals surface area contributed by atoms with Crippen LogP contribution in [0.4, 0.5) is 0 Å². The monoisotopic (exact) mass is 382 g/mol. The highest BCUT2D eigenvalue weighted by Gasteiger charge is 2.46. The van der Waals surface area contributed by atoms with Crippen LogP contribution in [-0.2, 0) is 17.8 Å². The van der Waals surface area contributed by atoms with Crippen molar-refractivity contribution in [1.29, 1.82) is 0 Å². The average Bonchev–Trinajstić information content (AvgIpc) is 3.20. The number of aliphatic hydroxyl groups excluding tert-OH is 1. The molecular weight excluding hydrogens is 352 g/mol. The van der Waals surface area contributed by atoms with Gasteiger partial charge in [-0.2, -0.15) is 5.10 Å². The molecule has 1 spiro atoms. The molecule has 6 nitrogen and oxygen atoms in total. The number of aryl methyl sites for hydroxylation is 1.